The topological polar surface area (TPSA) is 160 Å². The first-order valence-electron chi connectivity index (χ1n) is 26.0. The third-order valence-electron chi connectivity index (χ3n) is 14.2. The molecule has 3 aromatic carbocycles. The fourth-order valence-corrected chi connectivity index (χ4v) is 11.0. The van der Waals surface area contributed by atoms with E-state index >= 15 is 0 Å². The van der Waals surface area contributed by atoms with Gasteiger partial charge in [-0.2, -0.15) is 0 Å². The van der Waals surface area contributed by atoms with Crippen LogP contribution in [0.15, 0.2) is 78.0 Å². The summed E-state index contributed by atoms with van der Waals surface area (Å²) in [7, 11) is 0. The Morgan fingerprint density at radius 1 is 0.917 bits per heavy atom. The highest BCUT2D eigenvalue weighted by Gasteiger charge is 2.45. The smallest absolute Gasteiger partial charge is 0.246 e. The first kappa shape index (κ1) is 54.4. The summed E-state index contributed by atoms with van der Waals surface area (Å²) >= 11 is 1.58. The average molecular weight is 1000 g/mol. The van der Waals surface area contributed by atoms with E-state index < -0.39 is 35.4 Å². The van der Waals surface area contributed by atoms with Crippen molar-refractivity contribution >= 4 is 40.4 Å². The monoisotopic (exact) mass is 1000 g/mol. The second-order valence-electron chi connectivity index (χ2n) is 21.9. The molecule has 3 amide bonds. The van der Waals surface area contributed by atoms with E-state index in [2.05, 4.69) is 71.6 Å². The number of thiazole rings is 1. The SMILES string of the molecule is CCOC1=C(c2cc(-c3ccc(OC4CCN(CCCCCOCC(=O)N[C@H](C(=O)N5C[C@H](O)C[C@H]5C(=O)NC(C)c5ccc(-c6scnc6C)cc5)C(C)(C)C)CC4)cc3)ccc2C)C(=O)CC(C)(C)C1. The lowest BCUT2D eigenvalue weighted by Gasteiger charge is -2.35. The Morgan fingerprint density at radius 2 is 1.61 bits per heavy atom. The highest BCUT2D eigenvalue weighted by Crippen LogP contribution is 2.42. The molecule has 2 saturated heterocycles. The number of β-amino-alcohol motifs (C(OH)–C–C–N with tert-alkyl or cyclic N) is 1. The number of carbonyl (C=O) groups is 4. The number of aromatic nitrogens is 1. The van der Waals surface area contributed by atoms with Crippen molar-refractivity contribution in [2.24, 2.45) is 10.8 Å². The number of carbonyl (C=O) groups excluding carboxylic acids is 4. The maximum atomic E-state index is 14.1. The maximum Gasteiger partial charge on any atom is 0.246 e. The maximum absolute atomic E-state index is 14.1. The minimum absolute atomic E-state index is 0.00546. The summed E-state index contributed by atoms with van der Waals surface area (Å²) in [5.41, 5.74) is 8.84. The van der Waals surface area contributed by atoms with Crippen LogP contribution in [-0.4, -0.2) is 114 Å². The van der Waals surface area contributed by atoms with Crippen LogP contribution in [0.2, 0.25) is 0 Å². The fraction of sp³-hybridized carbons (Fsp3) is 0.534. The Hall–Kier alpha value is -5.41. The molecule has 2 fully saturated rings. The van der Waals surface area contributed by atoms with Gasteiger partial charge in [-0.15, -0.1) is 11.3 Å². The molecule has 2 aliphatic heterocycles. The zero-order valence-corrected chi connectivity index (χ0v) is 44.8. The molecule has 3 N–H and O–H groups in total. The minimum atomic E-state index is -0.926. The number of hydrogen-bond acceptors (Lipinski definition) is 11. The van der Waals surface area contributed by atoms with Gasteiger partial charge in [0.25, 0.3) is 0 Å². The van der Waals surface area contributed by atoms with E-state index in [4.69, 9.17) is 14.2 Å². The third kappa shape index (κ3) is 14.0. The van der Waals surface area contributed by atoms with Gasteiger partial charge in [-0.1, -0.05) is 83.1 Å². The number of amides is 3. The van der Waals surface area contributed by atoms with Crippen molar-refractivity contribution in [3.8, 4) is 27.3 Å². The van der Waals surface area contributed by atoms with Crippen LogP contribution in [0.4, 0.5) is 0 Å². The van der Waals surface area contributed by atoms with Gasteiger partial charge in [0, 0.05) is 45.5 Å². The predicted molar refractivity (Wildman–Crippen MR) is 284 cm³/mol. The lowest BCUT2D eigenvalue weighted by Crippen LogP contribution is -2.58. The molecule has 7 rings (SSSR count). The van der Waals surface area contributed by atoms with Crippen LogP contribution in [-0.2, 0) is 28.7 Å². The second-order valence-corrected chi connectivity index (χ2v) is 22.7. The number of allylic oxidation sites excluding steroid dienone is 2. The van der Waals surface area contributed by atoms with Gasteiger partial charge in [-0.05, 0) is 129 Å². The molecule has 1 unspecified atom stereocenters. The summed E-state index contributed by atoms with van der Waals surface area (Å²) in [5, 5.41) is 16.6. The summed E-state index contributed by atoms with van der Waals surface area (Å²) in [5.74, 6) is 0.647. The van der Waals surface area contributed by atoms with Crippen molar-refractivity contribution in [3.05, 3.63) is 100 Å². The molecule has 14 heteroatoms. The van der Waals surface area contributed by atoms with Gasteiger partial charge in [-0.3, -0.25) is 19.2 Å². The van der Waals surface area contributed by atoms with E-state index in [-0.39, 0.29) is 48.8 Å². The van der Waals surface area contributed by atoms with Gasteiger partial charge in [0.2, 0.25) is 17.7 Å². The largest absolute Gasteiger partial charge is 0.497 e. The zero-order chi connectivity index (χ0) is 51.7. The number of unbranched alkanes of at least 4 members (excludes halogenated alkanes) is 2. The van der Waals surface area contributed by atoms with Crippen molar-refractivity contribution < 1.29 is 38.5 Å². The number of ketones is 1. The molecule has 0 spiro atoms. The lowest BCUT2D eigenvalue weighted by atomic mass is 9.74. The quantitative estimate of drug-likeness (QED) is 0.0728. The number of benzene rings is 3. The Morgan fingerprint density at radius 3 is 2.28 bits per heavy atom. The number of hydrogen-bond donors (Lipinski definition) is 3. The molecule has 72 heavy (non-hydrogen) atoms. The standard InChI is InChI=1S/C58H77N5O8S/c1-10-70-50-33-58(8,9)32-49(65)52(50)47-30-43(15-14-37(47)2)41-20-22-45(23-21-41)71-46-24-27-62(28-25-46)26-12-11-13-29-69-35-51(66)61-54(57(5,6)7)56(68)63-34-44(64)31-48(63)55(67)60-38(3)40-16-18-42(19-17-40)53-39(4)59-36-72-53/h14-23,30,36,38,44,46,48,54,64H,10-13,24-29,31-35H2,1-9H3,(H,60,67)(H,61,66)/t38?,44-,48+,54-/m1/s1. The molecule has 0 radical (unpaired) electrons. The van der Waals surface area contributed by atoms with E-state index in [0.717, 1.165) is 119 Å². The third-order valence-corrected chi connectivity index (χ3v) is 15.2. The van der Waals surface area contributed by atoms with Crippen LogP contribution in [0.1, 0.15) is 128 Å². The van der Waals surface area contributed by atoms with E-state index in [0.29, 0.717) is 19.6 Å². The molecule has 3 heterocycles. The zero-order valence-electron chi connectivity index (χ0n) is 44.0. The number of rotatable bonds is 20. The van der Waals surface area contributed by atoms with Crippen LogP contribution in [0.5, 0.6) is 5.75 Å². The van der Waals surface area contributed by atoms with Gasteiger partial charge in [0.15, 0.2) is 5.78 Å². The minimum Gasteiger partial charge on any atom is -0.497 e. The van der Waals surface area contributed by atoms with Crippen LogP contribution < -0.4 is 15.4 Å². The molecule has 1 aromatic heterocycles. The number of piperidine rings is 1. The van der Waals surface area contributed by atoms with Gasteiger partial charge in [0.05, 0.1) is 40.4 Å². The Kier molecular flexibility index (Phi) is 18.2. The molecule has 3 aliphatic rings. The second kappa shape index (κ2) is 24.1. The normalized spacial score (nSPS) is 19.5. The molecule has 4 aromatic rings. The first-order valence-corrected chi connectivity index (χ1v) is 26.8. The van der Waals surface area contributed by atoms with E-state index in [1.807, 2.05) is 83.5 Å². The van der Waals surface area contributed by atoms with Crippen LogP contribution in [0, 0.1) is 24.7 Å². The van der Waals surface area contributed by atoms with Gasteiger partial charge < -0.3 is 39.8 Å². The number of likely N-dealkylation sites (tertiary alicyclic amines) is 2. The summed E-state index contributed by atoms with van der Waals surface area (Å²) in [6.07, 6.45) is 5.37. The molecular weight excluding hydrogens is 927 g/mol. The molecule has 4 atom stereocenters. The van der Waals surface area contributed by atoms with Crippen molar-refractivity contribution in [3.63, 3.8) is 0 Å². The first-order chi connectivity index (χ1) is 34.3. The number of nitrogens with one attached hydrogen (secondary N) is 2. The lowest BCUT2D eigenvalue weighted by molar-refractivity contribution is -0.144. The van der Waals surface area contributed by atoms with Crippen molar-refractivity contribution in [1.82, 2.24) is 25.4 Å². The van der Waals surface area contributed by atoms with E-state index in [1.54, 1.807) is 11.3 Å². The summed E-state index contributed by atoms with van der Waals surface area (Å²) < 4.78 is 18.3. The highest BCUT2D eigenvalue weighted by atomic mass is 32.1. The van der Waals surface area contributed by atoms with Gasteiger partial charge in [-0.25, -0.2) is 4.98 Å². The number of aliphatic hydroxyl groups excluding tert-OH is 1. The van der Waals surface area contributed by atoms with E-state index in [9.17, 15) is 24.3 Å². The average Bonchev–Trinajstić information content (AvgIpc) is 3.96. The Bertz CT molecular complexity index is 2540. The molecule has 13 nitrogen and oxygen atoms in total. The highest BCUT2D eigenvalue weighted by molar-refractivity contribution is 7.13. The summed E-state index contributed by atoms with van der Waals surface area (Å²) in [6.45, 7) is 21.5. The van der Waals surface area contributed by atoms with Crippen LogP contribution >= 0.6 is 11.3 Å². The molecule has 0 bridgehead atoms. The number of aryl methyl sites for hydroxylation is 2. The number of Topliss-reactive ketones (excluding diaryl/α,β-unsaturated/α-hetero) is 1. The Labute approximate surface area is 431 Å². The molecule has 1 aliphatic carbocycles. The van der Waals surface area contributed by atoms with Gasteiger partial charge in [0.1, 0.15) is 36.3 Å². The molecule has 388 valence electrons. The van der Waals surface area contributed by atoms with Crippen molar-refractivity contribution in [2.45, 2.75) is 144 Å². The van der Waals surface area contributed by atoms with Crippen LogP contribution in [0.3, 0.4) is 0 Å². The fourth-order valence-electron chi connectivity index (χ4n) is 10.2. The predicted octanol–water partition coefficient (Wildman–Crippen LogP) is 9.63. The van der Waals surface area contributed by atoms with Crippen molar-refractivity contribution in [1.29, 1.82) is 0 Å². The number of ether oxygens (including phenoxy) is 3. The summed E-state index contributed by atoms with van der Waals surface area (Å²) in [4.78, 5) is 63.7. The summed E-state index contributed by atoms with van der Waals surface area (Å²) in [6, 6.07) is 20.5. The van der Waals surface area contributed by atoms with Crippen LogP contribution in [0.25, 0.3) is 27.1 Å². The Balaban J connectivity index is 0.797. The number of nitrogens with zero attached hydrogens (tertiary/aromatic N) is 3. The number of aliphatic hydroxyl groups is 1. The van der Waals surface area contributed by atoms with Crippen molar-refractivity contribution in [2.75, 3.05) is 46.0 Å². The molecular formula is C58H77N5O8S. The van der Waals surface area contributed by atoms with Gasteiger partial charge >= 0.3 is 0 Å². The van der Waals surface area contributed by atoms with E-state index in [1.165, 1.54) is 4.90 Å². The molecule has 0 saturated carbocycles.